The van der Waals surface area contributed by atoms with Gasteiger partial charge in [-0.25, -0.2) is 17.6 Å². The van der Waals surface area contributed by atoms with Crippen LogP contribution < -0.4 is 61.2 Å². The van der Waals surface area contributed by atoms with E-state index in [2.05, 4.69) is 29.8 Å². The van der Waals surface area contributed by atoms with E-state index in [0.29, 0.717) is 18.6 Å². The van der Waals surface area contributed by atoms with E-state index in [1.807, 2.05) is 0 Å². The Morgan fingerprint density at radius 3 is 1.57 bits per heavy atom. The number of amides is 1. The van der Waals surface area contributed by atoms with Crippen LogP contribution in [0.25, 0.3) is 0 Å². The van der Waals surface area contributed by atoms with Crippen molar-refractivity contribution < 1.29 is 97.5 Å². The van der Waals surface area contributed by atoms with Crippen LogP contribution in [0.1, 0.15) is 86.0 Å². The third-order valence-electron chi connectivity index (χ3n) is 4.46. The Morgan fingerprint density at radius 1 is 0.795 bits per heavy atom. The van der Waals surface area contributed by atoms with Crippen molar-refractivity contribution in [3.63, 3.8) is 0 Å². The van der Waals surface area contributed by atoms with Gasteiger partial charge in [-0.05, 0) is 37.1 Å². The van der Waals surface area contributed by atoms with Crippen LogP contribution in [-0.4, -0.2) is 48.0 Å². The van der Waals surface area contributed by atoms with E-state index >= 15 is 0 Å². The molecule has 0 aromatic heterocycles. The van der Waals surface area contributed by atoms with E-state index in [4.69, 9.17) is 9.84 Å². The van der Waals surface area contributed by atoms with E-state index in [9.17, 15) is 36.2 Å². The van der Waals surface area contributed by atoms with E-state index in [1.54, 1.807) is 34.9 Å². The molecule has 0 atom stereocenters. The van der Waals surface area contributed by atoms with Gasteiger partial charge >= 0.3 is 51.4 Å². The average molecular weight is 731 g/mol. The first-order valence-corrected chi connectivity index (χ1v) is 15.1. The second-order valence-corrected chi connectivity index (χ2v) is 11.0. The quantitative estimate of drug-likeness (QED) is 0.0807. The Labute approximate surface area is 310 Å². The molecule has 0 aliphatic carbocycles. The van der Waals surface area contributed by atoms with E-state index in [-0.39, 0.29) is 58.0 Å². The summed E-state index contributed by atoms with van der Waals surface area (Å²) >= 11 is 3.38. The number of benzene rings is 2. The Balaban J connectivity index is -0.000000247. The fraction of sp³-hybridized carbons (Fsp3) is 0.581. The molecule has 0 unspecified atom stereocenters. The molecule has 250 valence electrons. The summed E-state index contributed by atoms with van der Waals surface area (Å²) in [6.45, 7) is 9.39. The first-order valence-electron chi connectivity index (χ1n) is 13.9. The number of halogens is 7. The maximum Gasteiger partial charge on any atom is 1.00 e. The number of hydrogen-bond donors (Lipinski definition) is 1. The number of carbonyl (C=O) groups excluding carboxylic acids is 1. The molecule has 2 rings (SSSR count). The zero-order valence-electron chi connectivity index (χ0n) is 27.2. The molecule has 0 spiro atoms. The van der Waals surface area contributed by atoms with Crippen LogP contribution in [0.15, 0.2) is 24.3 Å². The number of ether oxygens (including phenoxy) is 1. The Kier molecular flexibility index (Phi) is 35.0. The summed E-state index contributed by atoms with van der Waals surface area (Å²) in [7, 11) is 3.38. The van der Waals surface area contributed by atoms with Gasteiger partial charge in [0.2, 0.25) is 18.0 Å². The molecule has 0 saturated carbocycles. The SMILES string of the molecule is CC(C)(C)[O-].CCCCCCBr.CCCCCCOc1c(F)ccc(F)c1F.CN(C)C=O.Oc1c(F)ccc(F)c1F.[K+]. The van der Waals surface area contributed by atoms with Gasteiger partial charge in [0, 0.05) is 19.4 Å². The minimum atomic E-state index is -1.56. The molecule has 5 nitrogen and oxygen atoms in total. The molecule has 0 fully saturated rings. The van der Waals surface area contributed by atoms with Crippen molar-refractivity contribution >= 4 is 22.3 Å². The van der Waals surface area contributed by atoms with Crippen molar-refractivity contribution in [2.75, 3.05) is 26.0 Å². The fourth-order valence-corrected chi connectivity index (χ4v) is 2.78. The second-order valence-electron chi connectivity index (χ2n) is 10.2. The molecule has 0 saturated heterocycles. The van der Waals surface area contributed by atoms with Gasteiger partial charge in [0.1, 0.15) is 0 Å². The van der Waals surface area contributed by atoms with Crippen molar-refractivity contribution in [3.05, 3.63) is 59.2 Å². The van der Waals surface area contributed by atoms with Gasteiger partial charge in [0.25, 0.3) is 0 Å². The van der Waals surface area contributed by atoms with Crippen LogP contribution >= 0.6 is 15.9 Å². The number of rotatable bonds is 11. The van der Waals surface area contributed by atoms with Crippen LogP contribution in [0.2, 0.25) is 0 Å². The van der Waals surface area contributed by atoms with Crippen LogP contribution in [0.5, 0.6) is 11.5 Å². The molecule has 13 heteroatoms. The number of carbonyl (C=O) groups is 1. The predicted molar refractivity (Wildman–Crippen MR) is 161 cm³/mol. The zero-order valence-corrected chi connectivity index (χ0v) is 31.9. The van der Waals surface area contributed by atoms with Gasteiger partial charge in [-0.3, -0.25) is 4.79 Å². The van der Waals surface area contributed by atoms with Crippen LogP contribution in [0.3, 0.4) is 0 Å². The first-order chi connectivity index (χ1) is 20.0. The third kappa shape index (κ3) is 31.2. The Morgan fingerprint density at radius 2 is 1.18 bits per heavy atom. The monoisotopic (exact) mass is 729 g/mol. The molecule has 2 aromatic rings. The maximum atomic E-state index is 13.1. The summed E-state index contributed by atoms with van der Waals surface area (Å²) in [5, 5.41) is 19.7. The number of unbranched alkanes of at least 4 members (excludes halogenated alkanes) is 6. The normalized spacial score (nSPS) is 9.70. The number of aromatic hydroxyl groups is 1. The molecule has 1 N–H and O–H groups in total. The number of hydrogen-bond acceptors (Lipinski definition) is 4. The number of nitrogens with zero attached hydrogens (tertiary/aromatic N) is 1. The summed E-state index contributed by atoms with van der Waals surface area (Å²) in [5.74, 6) is -9.09. The molecular formula is C31H47BrF6KNO4. The topological polar surface area (TPSA) is 72.8 Å². The van der Waals surface area contributed by atoms with Gasteiger partial charge in [0.15, 0.2) is 34.8 Å². The molecule has 0 bridgehead atoms. The maximum absolute atomic E-state index is 13.1. The van der Waals surface area contributed by atoms with Crippen molar-refractivity contribution in [3.8, 4) is 11.5 Å². The summed E-state index contributed by atoms with van der Waals surface area (Å²) < 4.78 is 80.1. The number of alkyl halides is 1. The zero-order chi connectivity index (χ0) is 34.0. The molecule has 44 heavy (non-hydrogen) atoms. The minimum Gasteiger partial charge on any atom is -0.850 e. The summed E-state index contributed by atoms with van der Waals surface area (Å²) in [6, 6.07) is 2.85. The third-order valence-corrected chi connectivity index (χ3v) is 5.02. The average Bonchev–Trinajstić information content (AvgIpc) is 2.94. The minimum absolute atomic E-state index is 0. The van der Waals surface area contributed by atoms with E-state index < -0.39 is 52.0 Å². The summed E-state index contributed by atoms with van der Waals surface area (Å²) in [6.07, 6.45) is 9.99. The molecule has 1 amide bonds. The summed E-state index contributed by atoms with van der Waals surface area (Å²) in [4.78, 5) is 10.9. The molecule has 0 radical (unpaired) electrons. The van der Waals surface area contributed by atoms with Gasteiger partial charge in [0.05, 0.1) is 6.61 Å². The van der Waals surface area contributed by atoms with E-state index in [1.165, 1.54) is 35.9 Å². The van der Waals surface area contributed by atoms with Crippen molar-refractivity contribution in [2.45, 2.75) is 91.6 Å². The molecule has 2 aromatic carbocycles. The Hall–Kier alpha value is -0.834. The molecular weight excluding hydrogens is 683 g/mol. The smallest absolute Gasteiger partial charge is 0.850 e. The van der Waals surface area contributed by atoms with Crippen LogP contribution in [0.4, 0.5) is 26.3 Å². The van der Waals surface area contributed by atoms with Crippen LogP contribution in [-0.2, 0) is 4.79 Å². The van der Waals surface area contributed by atoms with Gasteiger partial charge in [-0.15, -0.1) is 5.60 Å². The largest absolute Gasteiger partial charge is 1.00 e. The van der Waals surface area contributed by atoms with Gasteiger partial charge in [-0.1, -0.05) is 89.1 Å². The fourth-order valence-electron chi connectivity index (χ4n) is 2.38. The van der Waals surface area contributed by atoms with Crippen molar-refractivity contribution in [2.24, 2.45) is 0 Å². The molecule has 0 aliphatic heterocycles. The van der Waals surface area contributed by atoms with E-state index in [0.717, 1.165) is 37.8 Å². The number of phenolic OH excluding ortho intramolecular Hbond substituents is 1. The standard InChI is InChI=1S/C12H15F3O.C6H13Br.C6H3F3O.C4H9O.C3H7NO.K/c1-2-3-4-5-8-16-12-10(14)7-6-9(13)11(12)15;1-2-3-4-5-6-7;7-3-1-2-4(8)6(10)5(3)9;1-4(2,3)5;1-4(2)3-5;/h6-7H,2-5,8H2,1H3;2-6H2,1H3;1-2,10H;1-3H3;3H,1-2H3;/q;;;-1;;+1. The van der Waals surface area contributed by atoms with Crippen molar-refractivity contribution in [1.29, 1.82) is 0 Å². The van der Waals surface area contributed by atoms with Crippen molar-refractivity contribution in [1.82, 2.24) is 4.90 Å². The van der Waals surface area contributed by atoms with Gasteiger partial charge < -0.3 is 19.8 Å². The Bertz CT molecular complexity index is 962. The van der Waals surface area contributed by atoms with Crippen LogP contribution in [0, 0.1) is 34.9 Å². The second kappa shape index (κ2) is 30.8. The number of phenols is 1. The predicted octanol–water partition coefficient (Wildman–Crippen LogP) is 5.69. The molecule has 0 aliphatic rings. The van der Waals surface area contributed by atoms with Gasteiger partial charge in [-0.2, -0.15) is 8.78 Å². The molecule has 0 heterocycles. The summed E-state index contributed by atoms with van der Waals surface area (Å²) in [5.41, 5.74) is -0.750. The first kappa shape index (κ1) is 50.0.